The Kier molecular flexibility index (Phi) is 6.21. The van der Waals surface area contributed by atoms with Gasteiger partial charge in [-0.2, -0.15) is 0 Å². The molecule has 3 rings (SSSR count). The van der Waals surface area contributed by atoms with E-state index in [0.717, 1.165) is 18.4 Å². The van der Waals surface area contributed by atoms with Crippen molar-refractivity contribution < 1.29 is 4.79 Å². The first-order valence-corrected chi connectivity index (χ1v) is 9.20. The number of hydrogen-bond acceptors (Lipinski definition) is 4. The number of aromatic nitrogens is 2. The number of benzene rings is 2. The Morgan fingerprint density at radius 2 is 1.85 bits per heavy atom. The molecule has 0 aliphatic heterocycles. The second kappa shape index (κ2) is 8.79. The van der Waals surface area contributed by atoms with Gasteiger partial charge in [0.15, 0.2) is 0 Å². The Balaban J connectivity index is 2.00. The van der Waals surface area contributed by atoms with Crippen molar-refractivity contribution in [3.05, 3.63) is 75.3 Å². The maximum atomic E-state index is 13.0. The van der Waals surface area contributed by atoms with Crippen molar-refractivity contribution in [3.63, 3.8) is 0 Å². The van der Waals surface area contributed by atoms with Crippen LogP contribution in [0.4, 0.5) is 0 Å². The van der Waals surface area contributed by atoms with Gasteiger partial charge in [-0.25, -0.2) is 4.98 Å². The lowest BCUT2D eigenvalue weighted by Gasteiger charge is -2.14. The molecule has 0 atom stereocenters. The quantitative estimate of drug-likeness (QED) is 0.612. The van der Waals surface area contributed by atoms with Crippen LogP contribution in [0.25, 0.3) is 10.9 Å². The van der Waals surface area contributed by atoms with Crippen LogP contribution in [0.1, 0.15) is 29.0 Å². The molecule has 27 heavy (non-hydrogen) atoms. The highest BCUT2D eigenvalue weighted by Gasteiger charge is 2.17. The van der Waals surface area contributed by atoms with E-state index in [1.807, 2.05) is 12.1 Å². The zero-order chi connectivity index (χ0) is 19.2. The fraction of sp³-hybridized carbons (Fsp3) is 0.250. The molecule has 0 aliphatic rings. The lowest BCUT2D eigenvalue weighted by Crippen LogP contribution is -2.34. The third-order valence-corrected chi connectivity index (χ3v) is 4.49. The molecule has 0 fully saturated rings. The SMILES string of the molecule is NCCCCNC(=O)c1nc2ccccc2c(=O)n1Cc1ccc(Cl)cc1. The van der Waals surface area contributed by atoms with Gasteiger partial charge in [-0.05, 0) is 49.2 Å². The lowest BCUT2D eigenvalue weighted by molar-refractivity contribution is 0.0937. The number of nitrogens with one attached hydrogen (secondary N) is 1. The van der Waals surface area contributed by atoms with E-state index in [2.05, 4.69) is 10.3 Å². The van der Waals surface area contributed by atoms with Crippen molar-refractivity contribution in [1.82, 2.24) is 14.9 Å². The third-order valence-electron chi connectivity index (χ3n) is 4.24. The first-order valence-electron chi connectivity index (χ1n) is 8.82. The molecular formula is C20H21ClN4O2. The molecule has 140 valence electrons. The summed E-state index contributed by atoms with van der Waals surface area (Å²) in [5.74, 6) is -0.273. The molecule has 0 radical (unpaired) electrons. The second-order valence-electron chi connectivity index (χ2n) is 6.22. The molecule has 1 aromatic heterocycles. The Hall–Kier alpha value is -2.70. The van der Waals surface area contributed by atoms with Crippen molar-refractivity contribution in [2.45, 2.75) is 19.4 Å². The Labute approximate surface area is 162 Å². The average Bonchev–Trinajstić information content (AvgIpc) is 2.68. The number of carbonyl (C=O) groups is 1. The van der Waals surface area contributed by atoms with Crippen molar-refractivity contribution in [2.75, 3.05) is 13.1 Å². The summed E-state index contributed by atoms with van der Waals surface area (Å²) in [5, 5.41) is 3.91. The second-order valence-corrected chi connectivity index (χ2v) is 6.66. The molecule has 0 saturated carbocycles. The molecule has 1 amide bonds. The number of rotatable bonds is 7. The predicted octanol–water partition coefficient (Wildman–Crippen LogP) is 2.57. The van der Waals surface area contributed by atoms with Gasteiger partial charge in [-0.1, -0.05) is 35.9 Å². The van der Waals surface area contributed by atoms with Gasteiger partial charge in [0.1, 0.15) is 0 Å². The molecule has 6 nitrogen and oxygen atoms in total. The number of unbranched alkanes of at least 4 members (excludes halogenated alkanes) is 1. The van der Waals surface area contributed by atoms with E-state index < -0.39 is 0 Å². The predicted molar refractivity (Wildman–Crippen MR) is 107 cm³/mol. The summed E-state index contributed by atoms with van der Waals surface area (Å²) in [5.41, 5.74) is 6.59. The van der Waals surface area contributed by atoms with Crippen molar-refractivity contribution >= 4 is 28.4 Å². The molecule has 0 saturated heterocycles. The third kappa shape index (κ3) is 4.53. The zero-order valence-corrected chi connectivity index (χ0v) is 15.6. The van der Waals surface area contributed by atoms with Crippen LogP contribution >= 0.6 is 11.6 Å². The zero-order valence-electron chi connectivity index (χ0n) is 14.8. The molecule has 7 heteroatoms. The van der Waals surface area contributed by atoms with Crippen LogP contribution in [-0.2, 0) is 6.54 Å². The van der Waals surface area contributed by atoms with Crippen LogP contribution in [-0.4, -0.2) is 28.5 Å². The van der Waals surface area contributed by atoms with Gasteiger partial charge >= 0.3 is 0 Å². The minimum Gasteiger partial charge on any atom is -0.349 e. The molecule has 0 aliphatic carbocycles. The van der Waals surface area contributed by atoms with E-state index in [-0.39, 0.29) is 23.8 Å². The van der Waals surface area contributed by atoms with Crippen LogP contribution in [0.3, 0.4) is 0 Å². The minimum absolute atomic E-state index is 0.0985. The van der Waals surface area contributed by atoms with Gasteiger partial charge in [0.25, 0.3) is 11.5 Å². The summed E-state index contributed by atoms with van der Waals surface area (Å²) < 4.78 is 1.41. The van der Waals surface area contributed by atoms with E-state index in [1.165, 1.54) is 4.57 Å². The Morgan fingerprint density at radius 1 is 1.11 bits per heavy atom. The van der Waals surface area contributed by atoms with Gasteiger partial charge in [0.2, 0.25) is 5.82 Å². The van der Waals surface area contributed by atoms with E-state index in [0.29, 0.717) is 29.0 Å². The molecule has 1 heterocycles. The monoisotopic (exact) mass is 384 g/mol. The van der Waals surface area contributed by atoms with E-state index in [9.17, 15) is 9.59 Å². The van der Waals surface area contributed by atoms with E-state index in [1.54, 1.807) is 36.4 Å². The summed E-state index contributed by atoms with van der Waals surface area (Å²) >= 11 is 5.93. The molecule has 0 spiro atoms. The standard InChI is InChI=1S/C20H21ClN4O2/c21-15-9-7-14(8-10-15)13-25-18(19(26)23-12-4-3-11-22)24-17-6-2-1-5-16(17)20(25)27/h1-2,5-10H,3-4,11-13,22H2,(H,23,26). The largest absolute Gasteiger partial charge is 0.349 e. The Bertz CT molecular complexity index is 999. The van der Waals surface area contributed by atoms with Gasteiger partial charge in [0, 0.05) is 11.6 Å². The van der Waals surface area contributed by atoms with Crippen LogP contribution in [0.5, 0.6) is 0 Å². The number of fused-ring (bicyclic) bond motifs is 1. The van der Waals surface area contributed by atoms with Crippen LogP contribution in [0, 0.1) is 0 Å². The summed E-state index contributed by atoms with van der Waals surface area (Å²) in [6.07, 6.45) is 1.60. The first-order chi connectivity index (χ1) is 13.1. The fourth-order valence-corrected chi connectivity index (χ4v) is 2.94. The number of amides is 1. The van der Waals surface area contributed by atoms with Crippen LogP contribution < -0.4 is 16.6 Å². The summed E-state index contributed by atoms with van der Waals surface area (Å²) in [7, 11) is 0. The van der Waals surface area contributed by atoms with Crippen molar-refractivity contribution in [2.24, 2.45) is 5.73 Å². The van der Waals surface area contributed by atoms with Crippen molar-refractivity contribution in [1.29, 1.82) is 0 Å². The number of para-hydroxylation sites is 1. The normalized spacial score (nSPS) is 10.9. The Morgan fingerprint density at radius 3 is 2.59 bits per heavy atom. The lowest BCUT2D eigenvalue weighted by atomic mass is 10.2. The highest BCUT2D eigenvalue weighted by Crippen LogP contribution is 2.13. The fourth-order valence-electron chi connectivity index (χ4n) is 2.81. The number of carbonyl (C=O) groups excluding carboxylic acids is 1. The summed E-state index contributed by atoms with van der Waals surface area (Å²) in [6, 6.07) is 14.2. The highest BCUT2D eigenvalue weighted by atomic mass is 35.5. The van der Waals surface area contributed by atoms with Gasteiger partial charge in [-0.15, -0.1) is 0 Å². The molecule has 3 N–H and O–H groups in total. The molecule has 2 aromatic carbocycles. The molecule has 0 unspecified atom stereocenters. The van der Waals surface area contributed by atoms with E-state index in [4.69, 9.17) is 17.3 Å². The first kappa shape index (κ1) is 19.1. The van der Waals surface area contributed by atoms with Crippen LogP contribution in [0.15, 0.2) is 53.3 Å². The topological polar surface area (TPSA) is 90.0 Å². The van der Waals surface area contributed by atoms with Gasteiger partial charge < -0.3 is 11.1 Å². The minimum atomic E-state index is -0.371. The van der Waals surface area contributed by atoms with E-state index >= 15 is 0 Å². The summed E-state index contributed by atoms with van der Waals surface area (Å²) in [6.45, 7) is 1.30. The number of halogens is 1. The maximum absolute atomic E-state index is 13.0. The maximum Gasteiger partial charge on any atom is 0.287 e. The number of nitrogens with zero attached hydrogens (tertiary/aromatic N) is 2. The van der Waals surface area contributed by atoms with Gasteiger partial charge in [0.05, 0.1) is 17.4 Å². The highest BCUT2D eigenvalue weighted by molar-refractivity contribution is 6.30. The molecule has 0 bridgehead atoms. The number of hydrogen-bond donors (Lipinski definition) is 2. The van der Waals surface area contributed by atoms with Gasteiger partial charge in [-0.3, -0.25) is 14.2 Å². The molecule has 3 aromatic rings. The average molecular weight is 385 g/mol. The molecular weight excluding hydrogens is 364 g/mol. The number of nitrogens with two attached hydrogens (primary N) is 1. The van der Waals surface area contributed by atoms with Crippen LogP contribution in [0.2, 0.25) is 5.02 Å². The van der Waals surface area contributed by atoms with Crippen molar-refractivity contribution in [3.8, 4) is 0 Å². The summed E-state index contributed by atoms with van der Waals surface area (Å²) in [4.78, 5) is 30.1. The smallest absolute Gasteiger partial charge is 0.287 e.